The summed E-state index contributed by atoms with van der Waals surface area (Å²) in [6.45, 7) is 3.48. The molecule has 0 heterocycles. The molecule has 0 spiro atoms. The zero-order valence-corrected chi connectivity index (χ0v) is 14.9. The maximum atomic E-state index is 12.5. The van der Waals surface area contributed by atoms with E-state index >= 15 is 0 Å². The summed E-state index contributed by atoms with van der Waals surface area (Å²) in [4.78, 5) is 24.4. The number of hydrogen-bond donors (Lipinski definition) is 4. The van der Waals surface area contributed by atoms with Crippen LogP contribution in [0.2, 0.25) is 0 Å². The number of fused-ring (bicyclic) bond motifs is 5. The number of aliphatic hydroxyl groups is 4. The highest BCUT2D eigenvalue weighted by atomic mass is 16.4. The lowest BCUT2D eigenvalue weighted by atomic mass is 9.40. The van der Waals surface area contributed by atoms with E-state index in [1.807, 2.05) is 6.92 Å². The average molecular weight is 352 g/mol. The first kappa shape index (κ1) is 17.6. The second-order valence-electron chi connectivity index (χ2n) is 9.35. The Labute approximate surface area is 147 Å². The van der Waals surface area contributed by atoms with Crippen molar-refractivity contribution in [2.45, 2.75) is 82.2 Å². The van der Waals surface area contributed by atoms with Crippen LogP contribution in [0.1, 0.15) is 58.8 Å². The number of Topliss-reactive ketones (excluding diaryl/α,β-unsaturated/α-hetero) is 2. The molecule has 0 bridgehead atoms. The van der Waals surface area contributed by atoms with Crippen LogP contribution in [-0.4, -0.2) is 55.4 Å². The summed E-state index contributed by atoms with van der Waals surface area (Å²) < 4.78 is 0. The van der Waals surface area contributed by atoms with Gasteiger partial charge < -0.3 is 20.4 Å². The molecule has 4 N–H and O–H groups in total. The number of carbonyl (C=O) groups excluding carboxylic acids is 2. The molecule has 0 aliphatic heterocycles. The van der Waals surface area contributed by atoms with Crippen LogP contribution in [0, 0.1) is 22.7 Å². The summed E-state index contributed by atoms with van der Waals surface area (Å²) in [5, 5.41) is 44.8. The predicted molar refractivity (Wildman–Crippen MR) is 87.4 cm³/mol. The molecule has 6 nitrogen and oxygen atoms in total. The topological polar surface area (TPSA) is 115 Å². The van der Waals surface area contributed by atoms with Gasteiger partial charge in [0.25, 0.3) is 0 Å². The minimum atomic E-state index is -1.71. The largest absolute Gasteiger partial charge is 0.392 e. The van der Waals surface area contributed by atoms with Crippen molar-refractivity contribution >= 4 is 11.6 Å². The SMILES string of the molecule is C[C@]12C(O)CC(=O)CC1(O)CC[C@H]1[C@@H]3CCC(=O)[C@@]3(C)CC(O)[C@@]12O. The van der Waals surface area contributed by atoms with E-state index < -0.39 is 34.2 Å². The molecule has 0 radical (unpaired) electrons. The third-order valence-corrected chi connectivity index (χ3v) is 8.56. The lowest BCUT2D eigenvalue weighted by Gasteiger charge is -2.68. The standard InChI is InChI=1S/C19H28O6/c1-16-9-15(23)19(25)12(11(16)3-4-13(16)21)5-6-18(24)8-10(20)7-14(22)17(18,19)2/h11-12,14-15,22-25H,3-9H2,1-2H3/t11-,12-,14?,15?,16-,17-,18?,19-/m0/s1. The molecule has 4 aliphatic rings. The number of ketones is 2. The monoisotopic (exact) mass is 352 g/mol. The van der Waals surface area contributed by atoms with Crippen molar-refractivity contribution in [3.63, 3.8) is 0 Å². The Kier molecular flexibility index (Phi) is 3.46. The molecule has 8 atom stereocenters. The molecular weight excluding hydrogens is 324 g/mol. The van der Waals surface area contributed by atoms with Crippen LogP contribution in [0.4, 0.5) is 0 Å². The van der Waals surface area contributed by atoms with E-state index in [2.05, 4.69) is 0 Å². The highest BCUT2D eigenvalue weighted by Gasteiger charge is 2.76. The number of aliphatic hydroxyl groups excluding tert-OH is 2. The molecule has 4 fully saturated rings. The second kappa shape index (κ2) is 4.91. The van der Waals surface area contributed by atoms with E-state index in [-0.39, 0.29) is 49.1 Å². The van der Waals surface area contributed by atoms with Gasteiger partial charge in [-0.1, -0.05) is 13.8 Å². The van der Waals surface area contributed by atoms with Crippen molar-refractivity contribution in [3.8, 4) is 0 Å². The summed E-state index contributed by atoms with van der Waals surface area (Å²) in [6, 6.07) is 0. The molecule has 0 saturated heterocycles. The summed E-state index contributed by atoms with van der Waals surface area (Å²) >= 11 is 0. The molecular formula is C19H28O6. The zero-order valence-electron chi connectivity index (χ0n) is 14.9. The van der Waals surface area contributed by atoms with Gasteiger partial charge in [0.05, 0.1) is 23.2 Å². The van der Waals surface area contributed by atoms with Crippen molar-refractivity contribution in [2.24, 2.45) is 22.7 Å². The Hall–Kier alpha value is -0.820. The van der Waals surface area contributed by atoms with E-state index in [9.17, 15) is 30.0 Å². The molecule has 4 saturated carbocycles. The molecule has 0 aromatic rings. The van der Waals surface area contributed by atoms with E-state index in [4.69, 9.17) is 0 Å². The van der Waals surface area contributed by atoms with Gasteiger partial charge in [0.1, 0.15) is 17.2 Å². The zero-order chi connectivity index (χ0) is 18.4. The maximum Gasteiger partial charge on any atom is 0.139 e. The van der Waals surface area contributed by atoms with Gasteiger partial charge in [-0.2, -0.15) is 0 Å². The van der Waals surface area contributed by atoms with Crippen molar-refractivity contribution in [1.82, 2.24) is 0 Å². The number of rotatable bonds is 0. The molecule has 0 amide bonds. The molecule has 0 aromatic carbocycles. The predicted octanol–water partition coefficient (Wildman–Crippen LogP) is 0.339. The summed E-state index contributed by atoms with van der Waals surface area (Å²) in [5.74, 6) is -0.537. The Bertz CT molecular complexity index is 648. The van der Waals surface area contributed by atoms with Crippen LogP contribution in [0.3, 0.4) is 0 Å². The Morgan fingerprint density at radius 2 is 1.68 bits per heavy atom. The first-order chi connectivity index (χ1) is 11.5. The minimum Gasteiger partial charge on any atom is -0.392 e. The Balaban J connectivity index is 1.85. The molecule has 4 rings (SSSR count). The van der Waals surface area contributed by atoms with E-state index in [0.717, 1.165) is 0 Å². The van der Waals surface area contributed by atoms with Gasteiger partial charge in [-0.25, -0.2) is 0 Å². The normalized spacial score (nSPS) is 58.5. The Morgan fingerprint density at radius 1 is 1.00 bits per heavy atom. The Morgan fingerprint density at radius 3 is 2.36 bits per heavy atom. The molecule has 25 heavy (non-hydrogen) atoms. The summed E-state index contributed by atoms with van der Waals surface area (Å²) in [6.07, 6.45) is -0.704. The van der Waals surface area contributed by atoms with Crippen molar-refractivity contribution in [2.75, 3.05) is 0 Å². The van der Waals surface area contributed by atoms with Gasteiger partial charge in [0.2, 0.25) is 0 Å². The van der Waals surface area contributed by atoms with Crippen LogP contribution < -0.4 is 0 Å². The fourth-order valence-corrected chi connectivity index (χ4v) is 6.97. The highest BCUT2D eigenvalue weighted by molar-refractivity contribution is 5.87. The smallest absolute Gasteiger partial charge is 0.139 e. The van der Waals surface area contributed by atoms with Gasteiger partial charge in [-0.15, -0.1) is 0 Å². The van der Waals surface area contributed by atoms with Gasteiger partial charge in [0.15, 0.2) is 0 Å². The second-order valence-corrected chi connectivity index (χ2v) is 9.35. The third kappa shape index (κ3) is 1.79. The van der Waals surface area contributed by atoms with E-state index in [1.54, 1.807) is 6.92 Å². The molecule has 140 valence electrons. The van der Waals surface area contributed by atoms with E-state index in [1.165, 1.54) is 0 Å². The van der Waals surface area contributed by atoms with Crippen LogP contribution >= 0.6 is 0 Å². The van der Waals surface area contributed by atoms with Crippen LogP contribution in [-0.2, 0) is 9.59 Å². The van der Waals surface area contributed by atoms with Crippen LogP contribution in [0.5, 0.6) is 0 Å². The average Bonchev–Trinajstić information content (AvgIpc) is 2.79. The van der Waals surface area contributed by atoms with Crippen molar-refractivity contribution in [3.05, 3.63) is 0 Å². The number of carbonyl (C=O) groups is 2. The van der Waals surface area contributed by atoms with Gasteiger partial charge in [0, 0.05) is 24.7 Å². The highest BCUT2D eigenvalue weighted by Crippen LogP contribution is 2.67. The van der Waals surface area contributed by atoms with Gasteiger partial charge in [-0.05, 0) is 37.5 Å². The first-order valence-electron chi connectivity index (χ1n) is 9.36. The molecule has 3 unspecified atom stereocenters. The van der Waals surface area contributed by atoms with Crippen molar-refractivity contribution < 1.29 is 30.0 Å². The third-order valence-electron chi connectivity index (χ3n) is 8.56. The maximum absolute atomic E-state index is 12.5. The fourth-order valence-electron chi connectivity index (χ4n) is 6.97. The minimum absolute atomic E-state index is 0.0698. The summed E-state index contributed by atoms with van der Waals surface area (Å²) in [5.41, 5.74) is -5.31. The lowest BCUT2D eigenvalue weighted by Crippen LogP contribution is -2.79. The van der Waals surface area contributed by atoms with Crippen molar-refractivity contribution in [1.29, 1.82) is 0 Å². The number of hydrogen-bond acceptors (Lipinski definition) is 6. The fraction of sp³-hybridized carbons (Fsp3) is 0.895. The van der Waals surface area contributed by atoms with Crippen LogP contribution in [0.25, 0.3) is 0 Å². The van der Waals surface area contributed by atoms with Gasteiger partial charge >= 0.3 is 0 Å². The quantitative estimate of drug-likeness (QED) is 0.500. The first-order valence-corrected chi connectivity index (χ1v) is 9.36. The molecule has 4 aliphatic carbocycles. The molecule has 6 heteroatoms. The van der Waals surface area contributed by atoms with Crippen LogP contribution in [0.15, 0.2) is 0 Å². The summed E-state index contributed by atoms with van der Waals surface area (Å²) in [7, 11) is 0. The molecule has 0 aromatic heterocycles. The van der Waals surface area contributed by atoms with Gasteiger partial charge in [-0.3, -0.25) is 9.59 Å². The lowest BCUT2D eigenvalue weighted by molar-refractivity contribution is -0.332. The van der Waals surface area contributed by atoms with E-state index in [0.29, 0.717) is 19.3 Å².